The molecule has 0 radical (unpaired) electrons. The molecule has 380 valence electrons. The number of carboxylic acid groups (broad SMARTS) is 1. The molecule has 4 amide bonds. The standard InChI is InChI=1S/C23H32ClN5O4S.C18H24ClN5O2S.C5H10O3/c1-23(2,15-30)21(31)29-20(25-14-17-3-4-19(24)34-17)13-18(26-29)16-5-7-27(8-6-16)22(32)28-9-11-33-12-10-28;19-16-2-1-14(27-16)12-20-17-11-15(21-22-17)13-3-5-23(6-4-13)18(25)24-7-9-26-10-8-24;1-5(2,3-6)4(7)8/h3-4,13,16,25,30H,5-12,14-15H2,1-2H3;1-2,11,13H,3-10,12H2,(H2,20,21,22);6H,3H2,1-2H3,(H,7,8). The predicted molar refractivity (Wildman–Crippen MR) is 267 cm³/mol. The van der Waals surface area contributed by atoms with Crippen LogP contribution >= 0.6 is 45.9 Å². The summed E-state index contributed by atoms with van der Waals surface area (Å²) in [7, 11) is 0. The van der Waals surface area contributed by atoms with Crippen LogP contribution in [-0.4, -0.2) is 171 Å². The normalized spacial score (nSPS) is 17.4. The maximum atomic E-state index is 13.2. The smallest absolute Gasteiger partial charge is 0.320 e. The number of ether oxygens (including phenoxy) is 2. The summed E-state index contributed by atoms with van der Waals surface area (Å²) in [6, 6.07) is 12.0. The number of amides is 4. The maximum absolute atomic E-state index is 13.2. The Bertz CT molecular complexity index is 2290. The highest BCUT2D eigenvalue weighted by atomic mass is 35.5. The summed E-state index contributed by atoms with van der Waals surface area (Å²) in [6.45, 7) is 15.0. The number of aromatic amines is 1. The van der Waals surface area contributed by atoms with E-state index in [1.807, 2.05) is 49.9 Å². The van der Waals surface area contributed by atoms with E-state index in [0.717, 1.165) is 65.2 Å². The molecule has 19 nitrogen and oxygen atoms in total. The number of rotatable bonds is 12. The molecule has 4 aliphatic rings. The molecule has 0 aliphatic carbocycles. The molecule has 4 fully saturated rings. The summed E-state index contributed by atoms with van der Waals surface area (Å²) in [5, 5.41) is 45.2. The van der Waals surface area contributed by atoms with Crippen molar-refractivity contribution in [2.75, 3.05) is 103 Å². The van der Waals surface area contributed by atoms with Crippen LogP contribution in [0.2, 0.25) is 8.67 Å². The number of likely N-dealkylation sites (tertiary alicyclic amines) is 2. The molecule has 6 N–H and O–H groups in total. The number of hydrogen-bond acceptors (Lipinski definition) is 14. The van der Waals surface area contributed by atoms with Crippen molar-refractivity contribution in [3.8, 4) is 0 Å². The number of aliphatic carboxylic acids is 1. The SMILES string of the molecule is CC(C)(CO)C(=O)O.CC(C)(CO)C(=O)n1nc(C2CCN(C(=O)N3CCOCC3)CC2)cc1NCc1ccc(Cl)s1.O=C(N1CCOCC1)N1CCC(c2cc(NCc3ccc(Cl)s3)n[nH]2)CC1. The highest BCUT2D eigenvalue weighted by Crippen LogP contribution is 2.33. The van der Waals surface area contributed by atoms with Gasteiger partial charge in [-0.3, -0.25) is 14.7 Å². The number of piperidine rings is 2. The number of urea groups is 2. The van der Waals surface area contributed by atoms with Crippen molar-refractivity contribution in [1.29, 1.82) is 0 Å². The Balaban J connectivity index is 0.000000199. The summed E-state index contributed by atoms with van der Waals surface area (Å²) < 4.78 is 13.6. The first-order chi connectivity index (χ1) is 33.0. The van der Waals surface area contributed by atoms with E-state index in [2.05, 4.69) is 32.0 Å². The first kappa shape index (κ1) is 53.9. The number of carbonyl (C=O) groups excluding carboxylic acids is 3. The van der Waals surface area contributed by atoms with Crippen LogP contribution in [0.25, 0.3) is 0 Å². The molecule has 0 atom stereocenters. The topological polar surface area (TPSA) is 231 Å². The fraction of sp³-hybridized carbons (Fsp3) is 0.609. The number of anilines is 2. The highest BCUT2D eigenvalue weighted by molar-refractivity contribution is 7.16. The van der Waals surface area contributed by atoms with Crippen molar-refractivity contribution in [3.05, 3.63) is 66.2 Å². The fourth-order valence-electron chi connectivity index (χ4n) is 7.84. The van der Waals surface area contributed by atoms with Crippen molar-refractivity contribution in [3.63, 3.8) is 0 Å². The Labute approximate surface area is 421 Å². The van der Waals surface area contributed by atoms with Gasteiger partial charge in [-0.25, -0.2) is 9.59 Å². The lowest BCUT2D eigenvalue weighted by atomic mass is 9.94. The fourth-order valence-corrected chi connectivity index (χ4v) is 9.90. The molecule has 4 aliphatic heterocycles. The van der Waals surface area contributed by atoms with Gasteiger partial charge in [0, 0.05) is 91.8 Å². The molecule has 0 bridgehead atoms. The largest absolute Gasteiger partial charge is 0.481 e. The average molecular weight is 1040 g/mol. The van der Waals surface area contributed by atoms with Gasteiger partial charge in [0.2, 0.25) is 0 Å². The molecule has 0 spiro atoms. The summed E-state index contributed by atoms with van der Waals surface area (Å²) in [6.07, 6.45) is 3.48. The second-order valence-corrected chi connectivity index (χ2v) is 22.3. The number of aliphatic hydroxyl groups excluding tert-OH is 2. The Hall–Kier alpha value is -4.48. The zero-order chi connectivity index (χ0) is 49.7. The molecule has 8 heterocycles. The molecule has 4 saturated heterocycles. The summed E-state index contributed by atoms with van der Waals surface area (Å²) >= 11 is 15.1. The van der Waals surface area contributed by atoms with Gasteiger partial charge in [-0.15, -0.1) is 22.7 Å². The zero-order valence-electron chi connectivity index (χ0n) is 39.8. The number of halogens is 2. The van der Waals surface area contributed by atoms with Crippen LogP contribution in [0.1, 0.15) is 91.2 Å². The van der Waals surface area contributed by atoms with E-state index in [4.69, 9.17) is 42.9 Å². The highest BCUT2D eigenvalue weighted by Gasteiger charge is 2.34. The van der Waals surface area contributed by atoms with Crippen LogP contribution in [0.5, 0.6) is 0 Å². The molecular formula is C46H66Cl2N10O9S2. The number of H-pyrrole nitrogens is 1. The maximum Gasteiger partial charge on any atom is 0.320 e. The molecular weight excluding hydrogens is 972 g/mol. The number of carboxylic acids is 1. The Morgan fingerprint density at radius 1 is 0.696 bits per heavy atom. The van der Waals surface area contributed by atoms with Gasteiger partial charge >= 0.3 is 18.0 Å². The van der Waals surface area contributed by atoms with Crippen LogP contribution in [-0.2, 0) is 27.4 Å². The Morgan fingerprint density at radius 2 is 1.16 bits per heavy atom. The minimum absolute atomic E-state index is 0.0733. The van der Waals surface area contributed by atoms with Crippen molar-refractivity contribution in [2.45, 2.75) is 78.3 Å². The number of nitrogens with one attached hydrogen (secondary N) is 3. The van der Waals surface area contributed by atoms with Gasteiger partial charge in [0.15, 0.2) is 0 Å². The quantitative estimate of drug-likeness (QED) is 0.0844. The van der Waals surface area contributed by atoms with Crippen LogP contribution in [0.4, 0.5) is 21.2 Å². The number of nitrogens with zero attached hydrogens (tertiary/aromatic N) is 7. The van der Waals surface area contributed by atoms with Gasteiger partial charge in [-0.2, -0.15) is 14.9 Å². The van der Waals surface area contributed by atoms with Crippen molar-refractivity contribution < 1.29 is 44.0 Å². The molecule has 4 aromatic heterocycles. The van der Waals surface area contributed by atoms with Gasteiger partial charge in [0.05, 0.1) is 77.9 Å². The summed E-state index contributed by atoms with van der Waals surface area (Å²) in [5.74, 6) is 0.766. The lowest BCUT2D eigenvalue weighted by molar-refractivity contribution is -0.148. The average Bonchev–Trinajstić information content (AvgIpc) is 4.21. The van der Waals surface area contributed by atoms with E-state index in [0.29, 0.717) is 94.9 Å². The molecule has 8 rings (SSSR count). The minimum atomic E-state index is -0.986. The third-order valence-electron chi connectivity index (χ3n) is 12.6. The first-order valence-corrected chi connectivity index (χ1v) is 25.7. The second-order valence-electron chi connectivity index (χ2n) is 18.7. The number of carbonyl (C=O) groups is 4. The van der Waals surface area contributed by atoms with Crippen LogP contribution in [0.3, 0.4) is 0 Å². The number of aromatic nitrogens is 4. The third-order valence-corrected chi connectivity index (χ3v) is 15.0. The zero-order valence-corrected chi connectivity index (χ0v) is 42.9. The second kappa shape index (κ2) is 25.1. The molecule has 0 aromatic carbocycles. The van der Waals surface area contributed by atoms with E-state index >= 15 is 0 Å². The number of morpholine rings is 2. The number of thiophene rings is 2. The van der Waals surface area contributed by atoms with Crippen LogP contribution in [0.15, 0.2) is 36.4 Å². The summed E-state index contributed by atoms with van der Waals surface area (Å²) in [4.78, 5) is 58.5. The lowest BCUT2D eigenvalue weighted by Gasteiger charge is -2.36. The molecule has 0 saturated carbocycles. The van der Waals surface area contributed by atoms with Crippen molar-refractivity contribution >= 4 is 81.4 Å². The van der Waals surface area contributed by atoms with Gasteiger partial charge in [0.25, 0.3) is 5.91 Å². The van der Waals surface area contributed by atoms with Gasteiger partial charge in [-0.1, -0.05) is 23.2 Å². The number of hydrogen-bond donors (Lipinski definition) is 6. The van der Waals surface area contributed by atoms with Gasteiger partial charge in [-0.05, 0) is 77.6 Å². The Kier molecular flexibility index (Phi) is 19.6. The molecule has 4 aromatic rings. The monoisotopic (exact) mass is 1040 g/mol. The molecule has 0 unspecified atom stereocenters. The summed E-state index contributed by atoms with van der Waals surface area (Å²) in [5.41, 5.74) is 0.0207. The molecule has 69 heavy (non-hydrogen) atoms. The van der Waals surface area contributed by atoms with Crippen LogP contribution in [0, 0.1) is 10.8 Å². The van der Waals surface area contributed by atoms with E-state index in [1.165, 1.54) is 34.7 Å². The van der Waals surface area contributed by atoms with E-state index < -0.39 is 16.8 Å². The molecule has 23 heteroatoms. The van der Waals surface area contributed by atoms with Gasteiger partial charge in [0.1, 0.15) is 11.6 Å². The predicted octanol–water partition coefficient (Wildman–Crippen LogP) is 6.96. The van der Waals surface area contributed by atoms with E-state index in [-0.39, 0.29) is 37.1 Å². The van der Waals surface area contributed by atoms with E-state index in [1.54, 1.807) is 25.2 Å². The lowest BCUT2D eigenvalue weighted by Crippen LogP contribution is -2.50. The van der Waals surface area contributed by atoms with Crippen LogP contribution < -0.4 is 10.6 Å². The first-order valence-electron chi connectivity index (χ1n) is 23.3. The van der Waals surface area contributed by atoms with E-state index in [9.17, 15) is 24.3 Å². The van der Waals surface area contributed by atoms with Crippen molar-refractivity contribution in [1.82, 2.24) is 39.6 Å². The number of aliphatic hydroxyl groups is 2. The van der Waals surface area contributed by atoms with Gasteiger partial charge < -0.3 is 55.0 Å². The minimum Gasteiger partial charge on any atom is -0.481 e. The third kappa shape index (κ3) is 15.0. The Morgan fingerprint density at radius 3 is 1.59 bits per heavy atom. The van der Waals surface area contributed by atoms with Crippen molar-refractivity contribution in [2.24, 2.45) is 10.8 Å².